The van der Waals surface area contributed by atoms with Gasteiger partial charge in [0.05, 0.1) is 16.5 Å². The van der Waals surface area contributed by atoms with Crippen LogP contribution in [0.2, 0.25) is 5.02 Å². The number of carbonyl (C=O) groups is 1. The molecule has 0 radical (unpaired) electrons. The van der Waals surface area contributed by atoms with E-state index in [1.807, 2.05) is 6.92 Å². The van der Waals surface area contributed by atoms with Crippen LogP contribution in [0.5, 0.6) is 5.75 Å². The van der Waals surface area contributed by atoms with Gasteiger partial charge in [0.15, 0.2) is 0 Å². The number of rotatable bonds is 6. The van der Waals surface area contributed by atoms with Crippen molar-refractivity contribution in [2.24, 2.45) is 5.92 Å². The molecule has 1 amide bonds. The Morgan fingerprint density at radius 3 is 2.46 bits per heavy atom. The highest BCUT2D eigenvalue weighted by molar-refractivity contribution is 7.89. The maximum Gasteiger partial charge on any atom is 0.243 e. The molecular formula is C20H29ClN2O4S. The second-order valence-electron chi connectivity index (χ2n) is 7.55. The minimum absolute atomic E-state index is 0.0769. The molecule has 156 valence electrons. The van der Waals surface area contributed by atoms with Crippen LogP contribution in [-0.2, 0) is 14.8 Å². The van der Waals surface area contributed by atoms with Crippen LogP contribution < -0.4 is 10.1 Å². The maximum atomic E-state index is 12.9. The number of benzene rings is 1. The molecule has 0 aromatic heterocycles. The molecule has 3 rings (SSSR count). The van der Waals surface area contributed by atoms with Crippen molar-refractivity contribution in [1.29, 1.82) is 0 Å². The van der Waals surface area contributed by atoms with E-state index < -0.39 is 10.0 Å². The summed E-state index contributed by atoms with van der Waals surface area (Å²) in [5.74, 6) is 0.437. The van der Waals surface area contributed by atoms with Crippen LogP contribution in [0.3, 0.4) is 0 Å². The monoisotopic (exact) mass is 428 g/mol. The number of amides is 1. The van der Waals surface area contributed by atoms with E-state index in [-0.39, 0.29) is 27.8 Å². The predicted molar refractivity (Wildman–Crippen MR) is 109 cm³/mol. The SMILES string of the molecule is CCOc1ccc(S(=O)(=O)N2CCC(C(=O)NC3CCCCC3)CC2)cc1Cl. The molecule has 1 aliphatic heterocycles. The first-order valence-electron chi connectivity index (χ1n) is 10.1. The number of carbonyl (C=O) groups excluding carboxylic acids is 1. The first-order chi connectivity index (χ1) is 13.4. The lowest BCUT2D eigenvalue weighted by atomic mass is 9.93. The van der Waals surface area contributed by atoms with Gasteiger partial charge >= 0.3 is 0 Å². The predicted octanol–water partition coefficient (Wildman–Crippen LogP) is 3.59. The zero-order valence-electron chi connectivity index (χ0n) is 16.3. The fourth-order valence-corrected chi connectivity index (χ4v) is 5.78. The highest BCUT2D eigenvalue weighted by atomic mass is 35.5. The molecule has 1 aromatic carbocycles. The van der Waals surface area contributed by atoms with Crippen LogP contribution in [-0.4, -0.2) is 44.4 Å². The molecule has 1 heterocycles. The molecule has 1 aliphatic carbocycles. The van der Waals surface area contributed by atoms with Gasteiger partial charge in [0, 0.05) is 25.0 Å². The average Bonchev–Trinajstić information content (AvgIpc) is 2.70. The van der Waals surface area contributed by atoms with Gasteiger partial charge in [0.25, 0.3) is 0 Å². The molecule has 1 saturated heterocycles. The van der Waals surface area contributed by atoms with Crippen LogP contribution in [0, 0.1) is 5.92 Å². The Hall–Kier alpha value is -1.31. The van der Waals surface area contributed by atoms with Gasteiger partial charge in [-0.25, -0.2) is 8.42 Å². The Labute approximate surface area is 172 Å². The zero-order valence-corrected chi connectivity index (χ0v) is 17.9. The van der Waals surface area contributed by atoms with Crippen LogP contribution in [0.15, 0.2) is 23.1 Å². The van der Waals surface area contributed by atoms with Gasteiger partial charge in [-0.15, -0.1) is 0 Å². The molecule has 0 bridgehead atoms. The molecule has 0 spiro atoms. The first kappa shape index (κ1) is 21.4. The van der Waals surface area contributed by atoms with Crippen molar-refractivity contribution in [2.75, 3.05) is 19.7 Å². The van der Waals surface area contributed by atoms with Gasteiger partial charge in [0.1, 0.15) is 5.75 Å². The molecule has 1 N–H and O–H groups in total. The number of hydrogen-bond acceptors (Lipinski definition) is 4. The molecule has 1 aromatic rings. The number of nitrogens with zero attached hydrogens (tertiary/aromatic N) is 1. The molecule has 1 saturated carbocycles. The third kappa shape index (κ3) is 4.99. The first-order valence-corrected chi connectivity index (χ1v) is 12.0. The van der Waals surface area contributed by atoms with Crippen molar-refractivity contribution in [3.05, 3.63) is 23.2 Å². The third-order valence-corrected chi connectivity index (χ3v) is 7.81. The van der Waals surface area contributed by atoms with Gasteiger partial charge in [0.2, 0.25) is 15.9 Å². The maximum absolute atomic E-state index is 12.9. The second kappa shape index (κ2) is 9.46. The Kier molecular flexibility index (Phi) is 7.23. The highest BCUT2D eigenvalue weighted by Gasteiger charge is 2.33. The van der Waals surface area contributed by atoms with Crippen molar-refractivity contribution in [3.8, 4) is 5.75 Å². The molecule has 6 nitrogen and oxygen atoms in total. The van der Waals surface area contributed by atoms with E-state index in [0.29, 0.717) is 38.3 Å². The summed E-state index contributed by atoms with van der Waals surface area (Å²) in [6.45, 7) is 2.99. The van der Waals surface area contributed by atoms with Gasteiger partial charge in [-0.2, -0.15) is 4.31 Å². The minimum atomic E-state index is -3.63. The summed E-state index contributed by atoms with van der Waals surface area (Å²) in [6, 6.07) is 4.83. The van der Waals surface area contributed by atoms with Gasteiger partial charge in [-0.05, 0) is 50.8 Å². The number of nitrogens with one attached hydrogen (secondary N) is 1. The Bertz CT molecular complexity index is 785. The summed E-state index contributed by atoms with van der Waals surface area (Å²) in [6.07, 6.45) is 6.79. The lowest BCUT2D eigenvalue weighted by Crippen LogP contribution is -2.45. The van der Waals surface area contributed by atoms with E-state index in [1.165, 1.54) is 35.7 Å². The lowest BCUT2D eigenvalue weighted by Gasteiger charge is -2.32. The normalized spacial score (nSPS) is 20.1. The van der Waals surface area contributed by atoms with E-state index in [4.69, 9.17) is 16.3 Å². The summed E-state index contributed by atoms with van der Waals surface area (Å²) >= 11 is 6.15. The minimum Gasteiger partial charge on any atom is -0.492 e. The Balaban J connectivity index is 1.58. The quantitative estimate of drug-likeness (QED) is 0.751. The van der Waals surface area contributed by atoms with Crippen molar-refractivity contribution >= 4 is 27.5 Å². The number of sulfonamides is 1. The Morgan fingerprint density at radius 2 is 1.86 bits per heavy atom. The second-order valence-corrected chi connectivity index (χ2v) is 9.89. The fraction of sp³-hybridized carbons (Fsp3) is 0.650. The van der Waals surface area contributed by atoms with Crippen molar-refractivity contribution < 1.29 is 17.9 Å². The summed E-state index contributed by atoms with van der Waals surface area (Å²) in [7, 11) is -3.63. The molecule has 8 heteroatoms. The molecule has 2 fully saturated rings. The van der Waals surface area contributed by atoms with Crippen molar-refractivity contribution in [2.45, 2.75) is 62.8 Å². The number of piperidine rings is 1. The van der Waals surface area contributed by atoms with Gasteiger partial charge in [-0.3, -0.25) is 4.79 Å². The molecule has 28 heavy (non-hydrogen) atoms. The summed E-state index contributed by atoms with van der Waals surface area (Å²) in [4.78, 5) is 12.7. The van der Waals surface area contributed by atoms with E-state index in [9.17, 15) is 13.2 Å². The smallest absolute Gasteiger partial charge is 0.243 e. The summed E-state index contributed by atoms with van der Waals surface area (Å²) in [5.41, 5.74) is 0. The van der Waals surface area contributed by atoms with E-state index in [2.05, 4.69) is 5.32 Å². The largest absolute Gasteiger partial charge is 0.492 e. The standard InChI is InChI=1S/C20H29ClN2O4S/c1-2-27-19-9-8-17(14-18(19)21)28(25,26)23-12-10-15(11-13-23)20(24)22-16-6-4-3-5-7-16/h8-9,14-16H,2-7,10-13H2,1H3,(H,22,24). The van der Waals surface area contributed by atoms with Crippen molar-refractivity contribution in [1.82, 2.24) is 9.62 Å². The lowest BCUT2D eigenvalue weighted by molar-refractivity contribution is -0.127. The van der Waals surface area contributed by atoms with E-state index >= 15 is 0 Å². The van der Waals surface area contributed by atoms with Crippen molar-refractivity contribution in [3.63, 3.8) is 0 Å². The zero-order chi connectivity index (χ0) is 20.1. The molecule has 0 atom stereocenters. The van der Waals surface area contributed by atoms with Gasteiger partial charge in [-0.1, -0.05) is 30.9 Å². The van der Waals surface area contributed by atoms with Crippen LogP contribution in [0.1, 0.15) is 51.9 Å². The summed E-state index contributed by atoms with van der Waals surface area (Å²) < 4.78 is 32.7. The number of ether oxygens (including phenoxy) is 1. The van der Waals surface area contributed by atoms with E-state index in [1.54, 1.807) is 6.07 Å². The van der Waals surface area contributed by atoms with Crippen LogP contribution in [0.25, 0.3) is 0 Å². The molecule has 2 aliphatic rings. The van der Waals surface area contributed by atoms with Gasteiger partial charge < -0.3 is 10.1 Å². The number of halogens is 1. The van der Waals surface area contributed by atoms with E-state index in [0.717, 1.165) is 12.8 Å². The molecular weight excluding hydrogens is 400 g/mol. The third-order valence-electron chi connectivity index (χ3n) is 5.62. The molecule has 0 unspecified atom stereocenters. The van der Waals surface area contributed by atoms with Crippen LogP contribution >= 0.6 is 11.6 Å². The number of hydrogen-bond donors (Lipinski definition) is 1. The Morgan fingerprint density at radius 1 is 1.18 bits per heavy atom. The fourth-order valence-electron chi connectivity index (χ4n) is 3.99. The highest BCUT2D eigenvalue weighted by Crippen LogP contribution is 2.30. The van der Waals surface area contributed by atoms with Crippen LogP contribution in [0.4, 0.5) is 0 Å². The average molecular weight is 429 g/mol. The summed E-state index contributed by atoms with van der Waals surface area (Å²) in [5, 5.41) is 3.44. The topological polar surface area (TPSA) is 75.7 Å².